The molecular weight excluding hydrogens is 979 g/mol. The van der Waals surface area contributed by atoms with Crippen molar-refractivity contribution in [1.82, 2.24) is 26.3 Å². The summed E-state index contributed by atoms with van der Waals surface area (Å²) in [6, 6.07) is 13.0. The summed E-state index contributed by atoms with van der Waals surface area (Å²) in [7, 11) is 1.45. The molecule has 0 saturated heterocycles. The number of rotatable bonds is 19. The van der Waals surface area contributed by atoms with Gasteiger partial charge < -0.3 is 44.6 Å². The number of amides is 5. The van der Waals surface area contributed by atoms with E-state index in [2.05, 4.69) is 20.8 Å². The first-order valence-electron chi connectivity index (χ1n) is 25.7. The number of benzene rings is 3. The van der Waals surface area contributed by atoms with Gasteiger partial charge >= 0.3 is 18.2 Å². The Hall–Kier alpha value is -7.31. The SMILES string of the molecule is CCCOc1ccc2cc1-c1cc(ccc1OCCNC(=O)OC(C)(C)C)C[C@@H](C(=O)C[C@@H](C)C(=O)NOC(C)=O)NC(=O)[C@H](C)CC(=O)[C@H]2N(C)C(=O)[C@H](CCNC(=O)OC(C)(C)C)CC(=O)c1ccc(C)cc1C. The lowest BCUT2D eigenvalue weighted by molar-refractivity contribution is -0.157. The van der Waals surface area contributed by atoms with Crippen molar-refractivity contribution in [3.05, 3.63) is 82.4 Å². The van der Waals surface area contributed by atoms with Gasteiger partial charge in [0.1, 0.15) is 35.3 Å². The van der Waals surface area contributed by atoms with E-state index in [9.17, 15) is 33.6 Å². The molecule has 0 unspecified atom stereocenters. The van der Waals surface area contributed by atoms with Crippen LogP contribution in [0.3, 0.4) is 0 Å². The van der Waals surface area contributed by atoms with E-state index in [1.165, 1.54) is 25.8 Å². The second-order valence-electron chi connectivity index (χ2n) is 21.4. The van der Waals surface area contributed by atoms with Crippen LogP contribution in [0.25, 0.3) is 11.1 Å². The van der Waals surface area contributed by atoms with Gasteiger partial charge in [-0.15, -0.1) is 0 Å². The number of Topliss-reactive ketones (excluding diaryl/α,β-unsaturated/α-hetero) is 3. The normalized spacial score (nSPS) is 16.6. The van der Waals surface area contributed by atoms with Crippen LogP contribution in [0.2, 0.25) is 0 Å². The Morgan fingerprint density at radius 2 is 1.38 bits per heavy atom. The highest BCUT2D eigenvalue weighted by Crippen LogP contribution is 2.41. The topological polar surface area (TPSA) is 251 Å². The van der Waals surface area contributed by atoms with Crippen molar-refractivity contribution in [2.45, 2.75) is 145 Å². The first-order chi connectivity index (χ1) is 35.6. The molecule has 1 aliphatic rings. The molecule has 4 N–H and O–H groups in total. The van der Waals surface area contributed by atoms with E-state index in [1.807, 2.05) is 38.4 Å². The van der Waals surface area contributed by atoms with Gasteiger partial charge in [-0.25, -0.2) is 9.59 Å². The first kappa shape index (κ1) is 61.2. The zero-order valence-electron chi connectivity index (χ0n) is 46.3. The minimum absolute atomic E-state index is 0.0104. The second-order valence-corrected chi connectivity index (χ2v) is 21.4. The summed E-state index contributed by atoms with van der Waals surface area (Å²) < 4.78 is 23.5. The van der Waals surface area contributed by atoms with Gasteiger partial charge in [-0.1, -0.05) is 56.7 Å². The molecule has 1 heterocycles. The number of nitrogens with zero attached hydrogens (tertiary/aromatic N) is 1. The predicted molar refractivity (Wildman–Crippen MR) is 283 cm³/mol. The number of hydrogen-bond donors (Lipinski definition) is 4. The summed E-state index contributed by atoms with van der Waals surface area (Å²) in [4.78, 5) is 128. The maximum absolute atomic E-state index is 15.1. The average Bonchev–Trinajstić information content (AvgIpc) is 3.31. The fourth-order valence-electron chi connectivity index (χ4n) is 8.47. The first-order valence-corrected chi connectivity index (χ1v) is 25.7. The van der Waals surface area contributed by atoms with E-state index in [0.717, 1.165) is 18.1 Å². The number of nitrogens with one attached hydrogen (secondary N) is 4. The van der Waals surface area contributed by atoms with E-state index in [1.54, 1.807) is 84.0 Å². The molecule has 0 spiro atoms. The highest BCUT2D eigenvalue weighted by atomic mass is 16.7. The van der Waals surface area contributed by atoms with Crippen molar-refractivity contribution in [3.8, 4) is 22.6 Å². The lowest BCUT2D eigenvalue weighted by Gasteiger charge is -2.32. The molecular formula is C57H77N5O14. The van der Waals surface area contributed by atoms with Crippen molar-refractivity contribution >= 4 is 53.2 Å². The van der Waals surface area contributed by atoms with Gasteiger partial charge in [0.25, 0.3) is 5.91 Å². The minimum atomic E-state index is -1.36. The van der Waals surface area contributed by atoms with Gasteiger partial charge in [-0.3, -0.25) is 33.6 Å². The summed E-state index contributed by atoms with van der Waals surface area (Å²) in [6.45, 7) is 20.4. The number of carbonyl (C=O) groups is 9. The lowest BCUT2D eigenvalue weighted by Crippen LogP contribution is -2.46. The number of ether oxygens (including phenoxy) is 4. The molecule has 414 valence electrons. The standard InChI is InChI=1S/C57H77N5O14/c1-14-24-72-49-20-17-39-31-43(49)42-29-38(16-19-48(42)73-25-23-59-55(71)75-57(10,11)12)30-44(46(65)27-36(5)52(68)61-76-37(6)63)60-51(67)35(4)28-47(66)50(39)62(13)53(69)40(21-22-58-54(70)74-56(7,8)9)32-45(64)41-18-15-33(2)26-34(41)3/h15-20,26,29,31,35-36,40,44,50H,14,21-25,27-28,30,32H2,1-13H3,(H,58,70)(H,59,71)(H,60,67)(H,61,68)/t35-,36-,40-,44+,50+/m1/s1. The van der Waals surface area contributed by atoms with Crippen LogP contribution in [0.1, 0.15) is 140 Å². The third-order valence-corrected chi connectivity index (χ3v) is 12.2. The van der Waals surface area contributed by atoms with Crippen LogP contribution >= 0.6 is 0 Å². The molecule has 3 aromatic rings. The van der Waals surface area contributed by atoms with Crippen molar-refractivity contribution in [1.29, 1.82) is 0 Å². The number of alkyl carbamates (subject to hydrolysis) is 2. The average molecular weight is 1060 g/mol. The molecule has 5 amide bonds. The Labute approximate surface area is 446 Å². The van der Waals surface area contributed by atoms with Crippen LogP contribution in [0, 0.1) is 31.6 Å². The molecule has 76 heavy (non-hydrogen) atoms. The number of hydrogen-bond acceptors (Lipinski definition) is 14. The van der Waals surface area contributed by atoms with Gasteiger partial charge in [0.05, 0.1) is 19.2 Å². The second kappa shape index (κ2) is 27.5. The smallest absolute Gasteiger partial charge is 0.407 e. The largest absolute Gasteiger partial charge is 0.493 e. The molecule has 0 radical (unpaired) electrons. The number of fused-ring (bicyclic) bond motifs is 5. The Bertz CT molecular complexity index is 2620. The predicted octanol–water partition coefficient (Wildman–Crippen LogP) is 7.79. The van der Waals surface area contributed by atoms with Crippen LogP contribution < -0.4 is 30.9 Å². The third-order valence-electron chi connectivity index (χ3n) is 12.2. The molecule has 19 nitrogen and oxygen atoms in total. The Balaban J connectivity index is 1.89. The monoisotopic (exact) mass is 1060 g/mol. The lowest BCUT2D eigenvalue weighted by atomic mass is 9.87. The van der Waals surface area contributed by atoms with Gasteiger partial charge in [-0.05, 0) is 116 Å². The quantitative estimate of drug-likeness (QED) is 0.0387. The summed E-state index contributed by atoms with van der Waals surface area (Å²) in [6.07, 6.45) is -1.85. The van der Waals surface area contributed by atoms with Gasteiger partial charge in [0.2, 0.25) is 11.8 Å². The molecule has 5 atom stereocenters. The minimum Gasteiger partial charge on any atom is -0.493 e. The highest BCUT2D eigenvalue weighted by Gasteiger charge is 2.37. The van der Waals surface area contributed by atoms with E-state index in [4.69, 9.17) is 18.9 Å². The molecule has 1 aliphatic heterocycles. The zero-order chi connectivity index (χ0) is 56.7. The Morgan fingerprint density at radius 1 is 0.776 bits per heavy atom. The Morgan fingerprint density at radius 3 is 1.99 bits per heavy atom. The molecule has 3 aromatic carbocycles. The molecule has 0 fully saturated rings. The maximum Gasteiger partial charge on any atom is 0.407 e. The molecule has 0 saturated carbocycles. The van der Waals surface area contributed by atoms with Gasteiger partial charge in [-0.2, -0.15) is 5.48 Å². The maximum atomic E-state index is 15.1. The molecule has 0 aromatic heterocycles. The third kappa shape index (κ3) is 18.8. The van der Waals surface area contributed by atoms with Gasteiger partial charge in [0.15, 0.2) is 17.3 Å². The molecule has 4 bridgehead atoms. The van der Waals surface area contributed by atoms with E-state index in [0.29, 0.717) is 52.3 Å². The summed E-state index contributed by atoms with van der Waals surface area (Å²) in [5.41, 5.74) is 4.35. The number of carbonyl (C=O) groups excluding carboxylic acids is 9. The highest BCUT2D eigenvalue weighted by molar-refractivity contribution is 6.01. The van der Waals surface area contributed by atoms with Gasteiger partial charge in [0, 0.05) is 74.2 Å². The molecule has 4 rings (SSSR count). The zero-order valence-corrected chi connectivity index (χ0v) is 46.3. The van der Waals surface area contributed by atoms with E-state index in [-0.39, 0.29) is 51.2 Å². The summed E-state index contributed by atoms with van der Waals surface area (Å²) >= 11 is 0. The van der Waals surface area contributed by atoms with Crippen molar-refractivity contribution in [2.75, 3.05) is 33.4 Å². The number of likely N-dealkylation sites (N-methyl/N-ethyl adjacent to an activating group) is 1. The van der Waals surface area contributed by atoms with Crippen LogP contribution in [-0.2, 0) is 49.5 Å². The number of hydroxylamine groups is 1. The fourth-order valence-corrected chi connectivity index (χ4v) is 8.47. The van der Waals surface area contributed by atoms with Crippen LogP contribution in [0.5, 0.6) is 11.5 Å². The summed E-state index contributed by atoms with van der Waals surface area (Å²) in [5.74, 6) is -6.53. The number of aryl methyl sites for hydroxylation is 2. The van der Waals surface area contributed by atoms with E-state index >= 15 is 9.59 Å². The summed E-state index contributed by atoms with van der Waals surface area (Å²) in [5, 5.41) is 8.19. The van der Waals surface area contributed by atoms with Crippen molar-refractivity contribution < 1.29 is 66.9 Å². The van der Waals surface area contributed by atoms with Crippen LogP contribution in [-0.4, -0.2) is 109 Å². The van der Waals surface area contributed by atoms with Crippen molar-refractivity contribution in [3.63, 3.8) is 0 Å². The van der Waals surface area contributed by atoms with E-state index < -0.39 is 94.9 Å². The van der Waals surface area contributed by atoms with Crippen molar-refractivity contribution in [2.24, 2.45) is 17.8 Å². The fraction of sp³-hybridized carbons (Fsp3) is 0.526. The van der Waals surface area contributed by atoms with Crippen LogP contribution in [0.4, 0.5) is 9.59 Å². The number of ketones is 3. The molecule has 0 aliphatic carbocycles. The molecule has 19 heteroatoms. The Kier molecular flexibility index (Phi) is 22.1. The van der Waals surface area contributed by atoms with Crippen LogP contribution in [0.15, 0.2) is 54.6 Å².